The van der Waals surface area contributed by atoms with Crippen LogP contribution in [0.4, 0.5) is 5.69 Å². The zero-order chi connectivity index (χ0) is 23.7. The largest absolute Gasteiger partial charge is 0.380 e. The fourth-order valence-electron chi connectivity index (χ4n) is 4.50. The molecule has 2 heterocycles. The molecule has 0 spiro atoms. The predicted molar refractivity (Wildman–Crippen MR) is 132 cm³/mol. The van der Waals surface area contributed by atoms with E-state index in [1.165, 1.54) is 4.31 Å². The summed E-state index contributed by atoms with van der Waals surface area (Å²) in [4.78, 5) is 13.6. The molecule has 0 atom stereocenters. The van der Waals surface area contributed by atoms with E-state index in [-0.39, 0.29) is 19.1 Å². The van der Waals surface area contributed by atoms with Crippen molar-refractivity contribution in [2.45, 2.75) is 38.8 Å². The minimum absolute atomic E-state index is 0.224. The second-order valence-corrected chi connectivity index (χ2v) is 10.7. The topological polar surface area (TPSA) is 92.7 Å². The Morgan fingerprint density at radius 3 is 2.44 bits per heavy atom. The molecule has 5 rings (SSSR count). The third-order valence-corrected chi connectivity index (χ3v) is 8.12. The van der Waals surface area contributed by atoms with Gasteiger partial charge in [0, 0.05) is 31.1 Å². The summed E-state index contributed by atoms with van der Waals surface area (Å²) in [6.07, 6.45) is 3.21. The molecule has 2 aliphatic rings. The summed E-state index contributed by atoms with van der Waals surface area (Å²) in [5.74, 6) is -0.628. The fraction of sp³-hybridized carbons (Fsp3) is 0.400. The van der Waals surface area contributed by atoms with E-state index in [0.29, 0.717) is 31.1 Å². The maximum Gasteiger partial charge on any atom is 0.304 e. The Bertz CT molecular complexity index is 1290. The van der Waals surface area contributed by atoms with Gasteiger partial charge < -0.3 is 14.6 Å². The molecule has 1 saturated heterocycles. The number of rotatable bonds is 7. The van der Waals surface area contributed by atoms with Crippen LogP contribution >= 0.6 is 0 Å². The highest BCUT2D eigenvalue weighted by Gasteiger charge is 2.31. The van der Waals surface area contributed by atoms with Crippen LogP contribution in [0, 0.1) is 6.92 Å². The van der Waals surface area contributed by atoms with Crippen LogP contribution in [0.25, 0.3) is 10.9 Å². The lowest BCUT2D eigenvalue weighted by Crippen LogP contribution is -2.48. The van der Waals surface area contributed by atoms with Crippen molar-refractivity contribution >= 4 is 32.7 Å². The van der Waals surface area contributed by atoms with E-state index in [1.54, 1.807) is 0 Å². The van der Waals surface area contributed by atoms with Crippen molar-refractivity contribution in [2.24, 2.45) is 0 Å². The molecule has 0 radical (unpaired) electrons. The number of fused-ring (bicyclic) bond motifs is 1. The number of amides is 1. The van der Waals surface area contributed by atoms with Gasteiger partial charge in [-0.25, -0.2) is 4.72 Å². The van der Waals surface area contributed by atoms with Crippen molar-refractivity contribution in [3.8, 4) is 0 Å². The van der Waals surface area contributed by atoms with Gasteiger partial charge in [0.05, 0.1) is 24.4 Å². The maximum atomic E-state index is 13.6. The number of nitrogens with one attached hydrogen (secondary N) is 2. The molecule has 2 N–H and O–H groups in total. The number of hydrogen-bond acceptors (Lipinski definition) is 5. The van der Waals surface area contributed by atoms with Crippen LogP contribution in [0.15, 0.2) is 48.5 Å². The van der Waals surface area contributed by atoms with Crippen LogP contribution in [0.3, 0.4) is 0 Å². The van der Waals surface area contributed by atoms with Crippen molar-refractivity contribution in [3.63, 3.8) is 0 Å². The second kappa shape index (κ2) is 9.40. The lowest BCUT2D eigenvalue weighted by molar-refractivity contribution is 0.0718. The Hall–Kier alpha value is -2.88. The Morgan fingerprint density at radius 1 is 1.06 bits per heavy atom. The smallest absolute Gasteiger partial charge is 0.304 e. The molecular weight excluding hydrogens is 452 g/mol. The zero-order valence-corrected chi connectivity index (χ0v) is 20.1. The lowest BCUT2D eigenvalue weighted by Gasteiger charge is -2.28. The third-order valence-electron chi connectivity index (χ3n) is 6.63. The molecule has 1 saturated carbocycles. The number of carbonyl (C=O) groups is 1. The number of benzene rings is 2. The summed E-state index contributed by atoms with van der Waals surface area (Å²) >= 11 is 0. The minimum atomic E-state index is -3.99. The van der Waals surface area contributed by atoms with Crippen LogP contribution in [0.1, 0.15) is 40.9 Å². The first kappa shape index (κ1) is 22.9. The Labute approximate surface area is 200 Å². The summed E-state index contributed by atoms with van der Waals surface area (Å²) < 4.78 is 36.8. The summed E-state index contributed by atoms with van der Waals surface area (Å²) in [6.45, 7) is 3.57. The van der Waals surface area contributed by atoms with E-state index < -0.39 is 16.1 Å². The molecule has 180 valence electrons. The monoisotopic (exact) mass is 482 g/mol. The Kier molecular flexibility index (Phi) is 6.33. The first-order valence-electron chi connectivity index (χ1n) is 11.8. The molecule has 3 aromatic rings. The van der Waals surface area contributed by atoms with Crippen LogP contribution in [-0.2, 0) is 21.5 Å². The van der Waals surface area contributed by atoms with E-state index in [4.69, 9.17) is 4.74 Å². The number of aryl methyl sites for hydroxylation is 1. The van der Waals surface area contributed by atoms with Crippen LogP contribution < -0.4 is 10.0 Å². The molecule has 0 unspecified atom stereocenters. The highest BCUT2D eigenvalue weighted by Crippen LogP contribution is 2.35. The Balaban J connectivity index is 1.57. The fourth-order valence-corrected chi connectivity index (χ4v) is 5.59. The van der Waals surface area contributed by atoms with E-state index >= 15 is 0 Å². The van der Waals surface area contributed by atoms with Gasteiger partial charge in [-0.3, -0.25) is 4.79 Å². The van der Waals surface area contributed by atoms with Crippen LogP contribution in [-0.4, -0.2) is 55.5 Å². The van der Waals surface area contributed by atoms with Crippen molar-refractivity contribution in [1.82, 2.24) is 13.6 Å². The quantitative estimate of drug-likeness (QED) is 0.539. The van der Waals surface area contributed by atoms with Gasteiger partial charge in [0.25, 0.3) is 5.91 Å². The molecule has 1 amide bonds. The Morgan fingerprint density at radius 2 is 1.76 bits per heavy atom. The van der Waals surface area contributed by atoms with Gasteiger partial charge in [0.1, 0.15) is 5.69 Å². The van der Waals surface area contributed by atoms with E-state index in [0.717, 1.165) is 41.3 Å². The number of anilines is 1. The van der Waals surface area contributed by atoms with Crippen molar-refractivity contribution in [1.29, 1.82) is 0 Å². The summed E-state index contributed by atoms with van der Waals surface area (Å²) in [6, 6.07) is 16.3. The van der Waals surface area contributed by atoms with E-state index in [1.807, 2.05) is 60.0 Å². The molecule has 1 aromatic heterocycles. The van der Waals surface area contributed by atoms with Gasteiger partial charge >= 0.3 is 10.2 Å². The molecule has 34 heavy (non-hydrogen) atoms. The number of ether oxygens (including phenoxy) is 1. The third kappa shape index (κ3) is 4.55. The van der Waals surface area contributed by atoms with E-state index in [2.05, 4.69) is 10.0 Å². The lowest BCUT2D eigenvalue weighted by atomic mass is 9.93. The number of aromatic nitrogens is 1. The molecular formula is C25H30N4O4S. The van der Waals surface area contributed by atoms with Gasteiger partial charge in [0.2, 0.25) is 0 Å². The average molecular weight is 483 g/mol. The van der Waals surface area contributed by atoms with Crippen molar-refractivity contribution in [2.75, 3.05) is 31.6 Å². The zero-order valence-electron chi connectivity index (χ0n) is 19.3. The first-order chi connectivity index (χ1) is 16.4. The summed E-state index contributed by atoms with van der Waals surface area (Å²) in [7, 11) is -3.99. The summed E-state index contributed by atoms with van der Waals surface area (Å²) in [5, 5.41) is 4.45. The minimum Gasteiger partial charge on any atom is -0.380 e. The maximum absolute atomic E-state index is 13.6. The molecule has 1 aliphatic heterocycles. The van der Waals surface area contributed by atoms with Crippen molar-refractivity contribution in [3.05, 3.63) is 65.4 Å². The normalized spacial score (nSPS) is 17.4. The number of hydrogen-bond donors (Lipinski definition) is 2. The summed E-state index contributed by atoms with van der Waals surface area (Å²) in [5.41, 5.74) is 4.11. The molecule has 9 heteroatoms. The number of morpholine rings is 1. The SMILES string of the molecule is Cc1ccc(Cn2c(C(=O)NS(=O)(=O)N3CCOCC3)c(NC3CCC3)c3ccccc32)cc1. The molecule has 8 nitrogen and oxygen atoms in total. The van der Waals surface area contributed by atoms with Crippen molar-refractivity contribution < 1.29 is 17.9 Å². The van der Waals surface area contributed by atoms with Crippen LogP contribution in [0.2, 0.25) is 0 Å². The predicted octanol–water partition coefficient (Wildman–Crippen LogP) is 3.27. The molecule has 2 aromatic carbocycles. The number of para-hydroxylation sites is 1. The van der Waals surface area contributed by atoms with Gasteiger partial charge in [0.15, 0.2) is 0 Å². The average Bonchev–Trinajstić information content (AvgIpc) is 3.11. The molecule has 0 bridgehead atoms. The highest BCUT2D eigenvalue weighted by molar-refractivity contribution is 7.87. The number of carbonyl (C=O) groups excluding carboxylic acids is 1. The van der Waals surface area contributed by atoms with E-state index in [9.17, 15) is 13.2 Å². The molecule has 1 aliphatic carbocycles. The highest BCUT2D eigenvalue weighted by atomic mass is 32.2. The van der Waals surface area contributed by atoms with Gasteiger partial charge in [-0.1, -0.05) is 48.0 Å². The number of nitrogens with zero attached hydrogens (tertiary/aromatic N) is 2. The molecule has 2 fully saturated rings. The van der Waals surface area contributed by atoms with Gasteiger partial charge in [-0.15, -0.1) is 0 Å². The first-order valence-corrected chi connectivity index (χ1v) is 13.2. The van der Waals surface area contributed by atoms with Gasteiger partial charge in [-0.2, -0.15) is 12.7 Å². The van der Waals surface area contributed by atoms with Gasteiger partial charge in [-0.05, 0) is 37.8 Å². The second-order valence-electron chi connectivity index (χ2n) is 9.03. The van der Waals surface area contributed by atoms with Crippen LogP contribution in [0.5, 0.6) is 0 Å². The standard InChI is InChI=1S/C25H30N4O4S/c1-18-9-11-19(12-10-18)17-29-22-8-3-2-7-21(22)23(26-20-5-4-6-20)24(29)25(30)27-34(31,32)28-13-15-33-16-14-28/h2-3,7-12,20,26H,4-6,13-17H2,1H3,(H,27,30).